The van der Waals surface area contributed by atoms with Crippen molar-refractivity contribution in [1.82, 2.24) is 0 Å². The normalized spacial score (nSPS) is 12.9. The van der Waals surface area contributed by atoms with E-state index in [4.69, 9.17) is 17.3 Å². The molecule has 0 radical (unpaired) electrons. The Morgan fingerprint density at radius 2 is 1.41 bits per heavy atom. The molecule has 0 unspecified atom stereocenters. The molecule has 0 heterocycles. The molecule has 2 N–H and O–H groups in total. The summed E-state index contributed by atoms with van der Waals surface area (Å²) in [6.45, 7) is -0.658. The Morgan fingerprint density at radius 3 is 1.76 bits per heavy atom. The molecule has 0 saturated heterocycles. The standard InChI is InChI=1S/C9H6ClF6N/c10-5-2-1-4(3-17)6(8(11,12)13)7(5)9(14,15)16/h1-2H,3,17H2. The van der Waals surface area contributed by atoms with Crippen LogP contribution in [0, 0.1) is 0 Å². The van der Waals surface area contributed by atoms with Gasteiger partial charge in [-0.15, -0.1) is 0 Å². The summed E-state index contributed by atoms with van der Waals surface area (Å²) in [5.74, 6) is 0. The third-order valence-corrected chi connectivity index (χ3v) is 2.34. The summed E-state index contributed by atoms with van der Waals surface area (Å²) in [6, 6.07) is 1.59. The minimum Gasteiger partial charge on any atom is -0.326 e. The van der Waals surface area contributed by atoms with E-state index in [9.17, 15) is 26.3 Å². The maximum Gasteiger partial charge on any atom is 0.418 e. The summed E-state index contributed by atoms with van der Waals surface area (Å²) in [7, 11) is 0. The molecule has 1 aromatic carbocycles. The summed E-state index contributed by atoms with van der Waals surface area (Å²) in [5.41, 5.74) is 0.642. The van der Waals surface area contributed by atoms with E-state index < -0.39 is 40.6 Å². The van der Waals surface area contributed by atoms with E-state index in [1.165, 1.54) is 0 Å². The predicted molar refractivity (Wildman–Crippen MR) is 49.3 cm³/mol. The number of benzene rings is 1. The van der Waals surface area contributed by atoms with Crippen molar-refractivity contribution in [3.63, 3.8) is 0 Å². The molecule has 0 bridgehead atoms. The molecule has 0 aromatic heterocycles. The van der Waals surface area contributed by atoms with E-state index in [-0.39, 0.29) is 0 Å². The molecular weight excluding hydrogens is 272 g/mol. The van der Waals surface area contributed by atoms with Crippen LogP contribution in [0.5, 0.6) is 0 Å². The van der Waals surface area contributed by atoms with Gasteiger partial charge in [0, 0.05) is 6.54 Å². The third-order valence-electron chi connectivity index (χ3n) is 2.03. The average Bonchev–Trinajstić information content (AvgIpc) is 2.13. The smallest absolute Gasteiger partial charge is 0.326 e. The number of nitrogens with two attached hydrogens (primary N) is 1. The molecule has 0 spiro atoms. The van der Waals surface area contributed by atoms with Crippen LogP contribution in [0.3, 0.4) is 0 Å². The van der Waals surface area contributed by atoms with Gasteiger partial charge in [0.1, 0.15) is 0 Å². The van der Waals surface area contributed by atoms with Gasteiger partial charge in [0.25, 0.3) is 0 Å². The van der Waals surface area contributed by atoms with Crippen molar-refractivity contribution < 1.29 is 26.3 Å². The molecule has 0 aliphatic carbocycles. The van der Waals surface area contributed by atoms with E-state index in [1.807, 2.05) is 0 Å². The predicted octanol–water partition coefficient (Wildman–Crippen LogP) is 3.84. The highest BCUT2D eigenvalue weighted by molar-refractivity contribution is 6.31. The van der Waals surface area contributed by atoms with Gasteiger partial charge < -0.3 is 5.73 Å². The Bertz CT molecular complexity index is 423. The van der Waals surface area contributed by atoms with Crippen molar-refractivity contribution in [3.8, 4) is 0 Å². The molecule has 8 heteroatoms. The van der Waals surface area contributed by atoms with Gasteiger partial charge >= 0.3 is 12.4 Å². The number of alkyl halides is 6. The summed E-state index contributed by atoms with van der Waals surface area (Å²) in [4.78, 5) is 0. The monoisotopic (exact) mass is 277 g/mol. The molecule has 0 aliphatic heterocycles. The highest BCUT2D eigenvalue weighted by Gasteiger charge is 2.46. The van der Waals surface area contributed by atoms with Crippen molar-refractivity contribution in [3.05, 3.63) is 33.8 Å². The second kappa shape index (κ2) is 4.38. The molecule has 1 rings (SSSR count). The molecule has 0 fully saturated rings. The van der Waals surface area contributed by atoms with E-state index >= 15 is 0 Å². The summed E-state index contributed by atoms with van der Waals surface area (Å²) in [6.07, 6.45) is -10.3. The molecule has 1 nitrogen and oxygen atoms in total. The average molecular weight is 278 g/mol. The summed E-state index contributed by atoms with van der Waals surface area (Å²) >= 11 is 5.19. The maximum absolute atomic E-state index is 12.6. The van der Waals surface area contributed by atoms with Gasteiger partial charge in [-0.05, 0) is 11.6 Å². The first-order valence-corrected chi connectivity index (χ1v) is 4.62. The van der Waals surface area contributed by atoms with Crippen LogP contribution in [0.4, 0.5) is 26.3 Å². The van der Waals surface area contributed by atoms with E-state index in [0.29, 0.717) is 0 Å². The van der Waals surface area contributed by atoms with E-state index in [0.717, 1.165) is 12.1 Å². The third kappa shape index (κ3) is 2.84. The van der Waals surface area contributed by atoms with Crippen LogP contribution in [0.25, 0.3) is 0 Å². The van der Waals surface area contributed by atoms with Gasteiger partial charge in [-0.25, -0.2) is 0 Å². The van der Waals surface area contributed by atoms with Crippen LogP contribution in [0.2, 0.25) is 5.02 Å². The van der Waals surface area contributed by atoms with E-state index in [1.54, 1.807) is 0 Å². The summed E-state index contributed by atoms with van der Waals surface area (Å²) < 4.78 is 75.4. The van der Waals surface area contributed by atoms with Crippen LogP contribution in [0.1, 0.15) is 16.7 Å². The fraction of sp³-hybridized carbons (Fsp3) is 0.333. The molecule has 0 aliphatic rings. The fourth-order valence-corrected chi connectivity index (χ4v) is 1.66. The molecule has 0 amide bonds. The molecule has 0 atom stereocenters. The molecule has 96 valence electrons. The van der Waals surface area contributed by atoms with Crippen LogP contribution in [-0.4, -0.2) is 0 Å². The van der Waals surface area contributed by atoms with Crippen molar-refractivity contribution in [2.24, 2.45) is 5.73 Å². The topological polar surface area (TPSA) is 26.0 Å². The minimum absolute atomic E-state index is 0.644. The Labute approximate surface area is 97.2 Å². The van der Waals surface area contributed by atoms with E-state index in [2.05, 4.69) is 0 Å². The van der Waals surface area contributed by atoms with Crippen LogP contribution in [-0.2, 0) is 18.9 Å². The van der Waals surface area contributed by atoms with Crippen molar-refractivity contribution in [2.45, 2.75) is 18.9 Å². The number of hydrogen-bond donors (Lipinski definition) is 1. The summed E-state index contributed by atoms with van der Waals surface area (Å²) in [5, 5.41) is -0.998. The lowest BCUT2D eigenvalue weighted by Crippen LogP contribution is -2.20. The SMILES string of the molecule is NCc1ccc(Cl)c(C(F)(F)F)c1C(F)(F)F. The van der Waals surface area contributed by atoms with Crippen LogP contribution >= 0.6 is 11.6 Å². The van der Waals surface area contributed by atoms with Crippen LogP contribution in [0.15, 0.2) is 12.1 Å². The highest BCUT2D eigenvalue weighted by atomic mass is 35.5. The quantitative estimate of drug-likeness (QED) is 0.776. The molecule has 17 heavy (non-hydrogen) atoms. The molecule has 0 saturated carbocycles. The second-order valence-corrected chi connectivity index (χ2v) is 3.56. The lowest BCUT2D eigenvalue weighted by atomic mass is 10.00. The van der Waals surface area contributed by atoms with Gasteiger partial charge in [-0.2, -0.15) is 26.3 Å². The largest absolute Gasteiger partial charge is 0.418 e. The minimum atomic E-state index is -5.19. The molecule has 1 aromatic rings. The van der Waals surface area contributed by atoms with Crippen molar-refractivity contribution in [2.75, 3.05) is 0 Å². The van der Waals surface area contributed by atoms with Crippen molar-refractivity contribution >= 4 is 11.6 Å². The zero-order chi connectivity index (χ0) is 13.4. The second-order valence-electron chi connectivity index (χ2n) is 3.16. The van der Waals surface area contributed by atoms with Crippen LogP contribution < -0.4 is 5.73 Å². The lowest BCUT2D eigenvalue weighted by molar-refractivity contribution is -0.162. The van der Waals surface area contributed by atoms with Gasteiger partial charge in [-0.1, -0.05) is 17.7 Å². The van der Waals surface area contributed by atoms with Gasteiger partial charge in [0.05, 0.1) is 16.1 Å². The van der Waals surface area contributed by atoms with Crippen molar-refractivity contribution in [1.29, 1.82) is 0 Å². The Kier molecular flexibility index (Phi) is 3.63. The maximum atomic E-state index is 12.6. The Hall–Kier alpha value is -0.950. The number of rotatable bonds is 1. The van der Waals surface area contributed by atoms with Gasteiger partial charge in [0.15, 0.2) is 0 Å². The van der Waals surface area contributed by atoms with Gasteiger partial charge in [-0.3, -0.25) is 0 Å². The first-order chi connectivity index (χ1) is 7.59. The Morgan fingerprint density at radius 1 is 0.941 bits per heavy atom. The van der Waals surface area contributed by atoms with Gasteiger partial charge in [0.2, 0.25) is 0 Å². The number of hydrogen-bond acceptors (Lipinski definition) is 1. The lowest BCUT2D eigenvalue weighted by Gasteiger charge is -2.19. The molecular formula is C9H6ClF6N. The first kappa shape index (κ1) is 14.1. The fourth-order valence-electron chi connectivity index (χ4n) is 1.39. The Balaban J connectivity index is 3.67. The first-order valence-electron chi connectivity index (χ1n) is 4.25. The number of halogens is 7. The highest BCUT2D eigenvalue weighted by Crippen LogP contribution is 2.45. The zero-order valence-corrected chi connectivity index (χ0v) is 8.84. The zero-order valence-electron chi connectivity index (χ0n) is 8.08.